The number of nitrogens with one attached hydrogen (secondary N) is 1. The molecular formula is C20H25F3N4O2. The summed E-state index contributed by atoms with van der Waals surface area (Å²) in [5.41, 5.74) is 2.60. The van der Waals surface area contributed by atoms with Crippen LogP contribution in [0.5, 0.6) is 0 Å². The number of alkyl halides is 3. The number of nitrogens with zero attached hydrogens (tertiary/aromatic N) is 3. The van der Waals surface area contributed by atoms with Crippen LogP contribution in [0.1, 0.15) is 40.7 Å². The number of hydrogen-bond acceptors (Lipinski definition) is 4. The highest BCUT2D eigenvalue weighted by molar-refractivity contribution is 5.94. The van der Waals surface area contributed by atoms with Gasteiger partial charge < -0.3 is 10.4 Å². The van der Waals surface area contributed by atoms with Crippen molar-refractivity contribution in [2.45, 2.75) is 51.6 Å². The number of carbonyl (C=O) groups is 1. The molecule has 0 fully saturated rings. The molecule has 0 spiro atoms. The quantitative estimate of drug-likeness (QED) is 0.736. The number of rotatable bonds is 7. The summed E-state index contributed by atoms with van der Waals surface area (Å²) in [7, 11) is 0. The Kier molecular flexibility index (Phi) is 6.59. The van der Waals surface area contributed by atoms with Crippen LogP contribution in [0, 0.1) is 0 Å². The van der Waals surface area contributed by atoms with Crippen molar-refractivity contribution in [3.63, 3.8) is 0 Å². The van der Waals surface area contributed by atoms with Crippen LogP contribution in [0.3, 0.4) is 0 Å². The van der Waals surface area contributed by atoms with Crippen LogP contribution >= 0.6 is 0 Å². The third-order valence-corrected chi connectivity index (χ3v) is 5.14. The maximum Gasteiger partial charge on any atom is 0.390 e. The van der Waals surface area contributed by atoms with Gasteiger partial charge in [-0.25, -0.2) is 0 Å². The average molecular weight is 410 g/mol. The number of amides is 1. The van der Waals surface area contributed by atoms with Crippen LogP contribution in [0.15, 0.2) is 30.3 Å². The largest absolute Gasteiger partial charge is 0.394 e. The number of carbonyl (C=O) groups excluding carboxylic acids is 1. The van der Waals surface area contributed by atoms with Gasteiger partial charge in [0, 0.05) is 43.4 Å². The highest BCUT2D eigenvalue weighted by atomic mass is 19.4. The molecule has 6 nitrogen and oxygen atoms in total. The number of hydrogen-bond donors (Lipinski definition) is 2. The van der Waals surface area contributed by atoms with E-state index in [9.17, 15) is 23.1 Å². The van der Waals surface area contributed by atoms with E-state index in [4.69, 9.17) is 0 Å². The van der Waals surface area contributed by atoms with Gasteiger partial charge in [-0.05, 0) is 12.5 Å². The predicted molar refractivity (Wildman–Crippen MR) is 101 cm³/mol. The maximum atomic E-state index is 12.8. The van der Waals surface area contributed by atoms with Crippen molar-refractivity contribution in [1.29, 1.82) is 0 Å². The van der Waals surface area contributed by atoms with Crippen molar-refractivity contribution in [2.24, 2.45) is 0 Å². The van der Waals surface area contributed by atoms with Crippen molar-refractivity contribution < 1.29 is 23.1 Å². The fourth-order valence-corrected chi connectivity index (χ4v) is 3.68. The molecule has 1 unspecified atom stereocenters. The Labute approximate surface area is 167 Å². The molecule has 1 aliphatic rings. The van der Waals surface area contributed by atoms with Gasteiger partial charge in [-0.3, -0.25) is 14.4 Å². The molecular weight excluding hydrogens is 385 g/mol. The molecule has 0 saturated heterocycles. The lowest BCUT2D eigenvalue weighted by Crippen LogP contribution is -2.40. The summed E-state index contributed by atoms with van der Waals surface area (Å²) in [6, 6.07) is 8.72. The second kappa shape index (κ2) is 8.96. The molecule has 1 amide bonds. The molecule has 1 aromatic heterocycles. The van der Waals surface area contributed by atoms with Gasteiger partial charge in [0.05, 0.1) is 19.6 Å². The van der Waals surface area contributed by atoms with Crippen molar-refractivity contribution in [1.82, 2.24) is 20.0 Å². The van der Waals surface area contributed by atoms with Crippen molar-refractivity contribution in [2.75, 3.05) is 13.2 Å². The van der Waals surface area contributed by atoms with E-state index in [1.54, 1.807) is 16.5 Å². The highest BCUT2D eigenvalue weighted by Crippen LogP contribution is 2.29. The molecule has 9 heteroatoms. The second-order valence-corrected chi connectivity index (χ2v) is 7.28. The molecule has 1 atom stereocenters. The summed E-state index contributed by atoms with van der Waals surface area (Å²) >= 11 is 0. The number of aliphatic hydroxyl groups excluding tert-OH is 1. The Morgan fingerprint density at radius 3 is 2.69 bits per heavy atom. The van der Waals surface area contributed by atoms with Crippen LogP contribution in [0.2, 0.25) is 0 Å². The first kappa shape index (κ1) is 21.3. The van der Waals surface area contributed by atoms with Crippen molar-refractivity contribution in [3.8, 4) is 0 Å². The van der Waals surface area contributed by atoms with E-state index in [0.717, 1.165) is 11.3 Å². The van der Waals surface area contributed by atoms with Crippen LogP contribution in [-0.4, -0.2) is 51.1 Å². The van der Waals surface area contributed by atoms with Crippen LogP contribution in [-0.2, 0) is 26.1 Å². The normalized spacial score (nSPS) is 15.8. The first-order valence-corrected chi connectivity index (χ1v) is 9.61. The molecule has 0 aliphatic carbocycles. The van der Waals surface area contributed by atoms with E-state index in [1.165, 1.54) is 0 Å². The molecule has 158 valence electrons. The fraction of sp³-hybridized carbons (Fsp3) is 0.500. The topological polar surface area (TPSA) is 70.4 Å². The third-order valence-electron chi connectivity index (χ3n) is 5.14. The van der Waals surface area contributed by atoms with Gasteiger partial charge in [0.2, 0.25) is 0 Å². The number of benzene rings is 1. The van der Waals surface area contributed by atoms with E-state index >= 15 is 0 Å². The molecule has 0 radical (unpaired) electrons. The summed E-state index contributed by atoms with van der Waals surface area (Å²) < 4.78 is 40.0. The zero-order chi connectivity index (χ0) is 21.0. The lowest BCUT2D eigenvalue weighted by atomic mass is 10.0. The Hall–Kier alpha value is -2.39. The van der Waals surface area contributed by atoms with Crippen LogP contribution in [0.4, 0.5) is 13.2 Å². The monoisotopic (exact) mass is 410 g/mol. The SMILES string of the molecule is CC(CC(F)(F)F)N1CCc2c(c(C(=O)NCc3ccccc3)nn2CCO)C1. The molecule has 2 N–H and O–H groups in total. The summed E-state index contributed by atoms with van der Waals surface area (Å²) in [5.74, 6) is -0.368. The highest BCUT2D eigenvalue weighted by Gasteiger charge is 2.35. The zero-order valence-corrected chi connectivity index (χ0v) is 16.2. The Morgan fingerprint density at radius 2 is 2.03 bits per heavy atom. The number of aliphatic hydroxyl groups is 1. The average Bonchev–Trinajstić information content (AvgIpc) is 3.04. The van der Waals surface area contributed by atoms with Crippen molar-refractivity contribution in [3.05, 3.63) is 52.8 Å². The van der Waals surface area contributed by atoms with Gasteiger partial charge in [0.15, 0.2) is 5.69 Å². The zero-order valence-electron chi connectivity index (χ0n) is 16.2. The molecule has 0 saturated carbocycles. The summed E-state index contributed by atoms with van der Waals surface area (Å²) in [6.07, 6.45) is -4.66. The van der Waals surface area contributed by atoms with Gasteiger partial charge >= 0.3 is 6.18 Å². The molecule has 29 heavy (non-hydrogen) atoms. The molecule has 2 heterocycles. The molecule has 1 aromatic carbocycles. The Bertz CT molecular complexity index is 836. The maximum absolute atomic E-state index is 12.8. The summed E-state index contributed by atoms with van der Waals surface area (Å²) in [6.45, 7) is 2.67. The molecule has 2 aromatic rings. The van der Waals surface area contributed by atoms with Gasteiger partial charge in [0.1, 0.15) is 0 Å². The van der Waals surface area contributed by atoms with Gasteiger partial charge in [0.25, 0.3) is 5.91 Å². The minimum Gasteiger partial charge on any atom is -0.394 e. The van der Waals surface area contributed by atoms with E-state index in [2.05, 4.69) is 10.4 Å². The first-order chi connectivity index (χ1) is 13.8. The fourth-order valence-electron chi connectivity index (χ4n) is 3.68. The minimum atomic E-state index is -4.24. The second-order valence-electron chi connectivity index (χ2n) is 7.28. The van der Waals surface area contributed by atoms with E-state index in [-0.39, 0.29) is 31.3 Å². The summed E-state index contributed by atoms with van der Waals surface area (Å²) in [5, 5.41) is 16.5. The molecule has 1 aliphatic heterocycles. The van der Waals surface area contributed by atoms with E-state index < -0.39 is 18.6 Å². The Morgan fingerprint density at radius 1 is 1.31 bits per heavy atom. The predicted octanol–water partition coefficient (Wildman–Crippen LogP) is 2.50. The van der Waals surface area contributed by atoms with Gasteiger partial charge in [-0.15, -0.1) is 0 Å². The van der Waals surface area contributed by atoms with Gasteiger partial charge in [-0.2, -0.15) is 18.3 Å². The number of fused-ring (bicyclic) bond motifs is 1. The Balaban J connectivity index is 1.78. The first-order valence-electron chi connectivity index (χ1n) is 9.61. The number of aromatic nitrogens is 2. The summed E-state index contributed by atoms with van der Waals surface area (Å²) in [4.78, 5) is 14.5. The van der Waals surface area contributed by atoms with Crippen LogP contribution in [0.25, 0.3) is 0 Å². The molecule has 0 bridgehead atoms. The lowest BCUT2D eigenvalue weighted by Gasteiger charge is -2.33. The standard InChI is InChI=1S/C20H25F3N4O2/c1-14(11-20(21,22)23)26-8-7-17-16(13-26)18(25-27(17)9-10-28)19(29)24-12-15-5-3-2-4-6-15/h2-6,14,28H,7-13H2,1H3,(H,24,29). The smallest absolute Gasteiger partial charge is 0.390 e. The van der Waals surface area contributed by atoms with E-state index in [1.807, 2.05) is 30.3 Å². The van der Waals surface area contributed by atoms with Gasteiger partial charge in [-0.1, -0.05) is 30.3 Å². The third kappa shape index (κ3) is 5.36. The van der Waals surface area contributed by atoms with Crippen molar-refractivity contribution >= 4 is 5.91 Å². The van der Waals surface area contributed by atoms with Crippen LogP contribution < -0.4 is 5.32 Å². The lowest BCUT2D eigenvalue weighted by molar-refractivity contribution is -0.146. The minimum absolute atomic E-state index is 0.132. The van der Waals surface area contributed by atoms with E-state index in [0.29, 0.717) is 25.1 Å². The molecule has 3 rings (SSSR count). The number of halogens is 3.